The zero-order valence-corrected chi connectivity index (χ0v) is 10.1. The fourth-order valence-electron chi connectivity index (χ4n) is 1.43. The summed E-state index contributed by atoms with van der Waals surface area (Å²) >= 11 is -1.21. The van der Waals surface area contributed by atoms with E-state index in [4.69, 9.17) is 0 Å². The van der Waals surface area contributed by atoms with E-state index in [0.717, 1.165) is 0 Å². The summed E-state index contributed by atoms with van der Waals surface area (Å²) in [6.45, 7) is -0.230. The van der Waals surface area contributed by atoms with Crippen LogP contribution in [-0.2, 0) is 6.42 Å². The Bertz CT molecular complexity index is 245. The molecule has 1 rings (SSSR count). The average molecular weight is 223 g/mol. The fraction of sp³-hybridized carbons (Fsp3) is 0.400. The Morgan fingerprint density at radius 3 is 2.50 bits per heavy atom. The van der Waals surface area contributed by atoms with Crippen molar-refractivity contribution >= 4 is 20.3 Å². The molecule has 0 aliphatic heterocycles. The number of benzene rings is 1. The molecule has 1 aromatic rings. The van der Waals surface area contributed by atoms with Crippen LogP contribution in [-0.4, -0.2) is 22.9 Å². The Kier molecular flexibility index (Phi) is 3.89. The second-order valence-electron chi connectivity index (χ2n) is 3.29. The van der Waals surface area contributed by atoms with Crippen molar-refractivity contribution in [1.82, 2.24) is 0 Å². The minimum absolute atomic E-state index is 0.230. The normalized spacial score (nSPS) is 9.92. The van der Waals surface area contributed by atoms with Crippen LogP contribution in [0.15, 0.2) is 24.3 Å². The van der Waals surface area contributed by atoms with Crippen LogP contribution in [0.25, 0.3) is 0 Å². The number of rotatable bonds is 3. The molecule has 0 bridgehead atoms. The molecule has 2 heteroatoms. The van der Waals surface area contributed by atoms with Crippen molar-refractivity contribution in [3.05, 3.63) is 29.8 Å². The summed E-state index contributed by atoms with van der Waals surface area (Å²) in [7, 11) is 0. The molecular formula is C10H14FGa. The molecule has 0 atom stereocenters. The van der Waals surface area contributed by atoms with Crippen molar-refractivity contribution in [2.45, 2.75) is 17.4 Å². The molecule has 0 nitrogen and oxygen atoms in total. The molecular weight excluding hydrogens is 209 g/mol. The molecule has 0 aromatic heterocycles. The van der Waals surface area contributed by atoms with E-state index >= 15 is 0 Å². The molecule has 64 valence electrons. The van der Waals surface area contributed by atoms with Crippen LogP contribution >= 0.6 is 0 Å². The van der Waals surface area contributed by atoms with E-state index in [1.54, 1.807) is 0 Å². The molecule has 0 radical (unpaired) electrons. The third kappa shape index (κ3) is 2.39. The van der Waals surface area contributed by atoms with Crippen LogP contribution in [0.1, 0.15) is 5.56 Å². The SMILES string of the molecule is [CH3][Ga]([CH3])[c]1ccccc1CCF. The minimum atomic E-state index is -1.21. The zero-order valence-electron chi connectivity index (χ0n) is 7.68. The molecule has 0 spiro atoms. The van der Waals surface area contributed by atoms with Crippen molar-refractivity contribution in [3.8, 4) is 0 Å². The Hall–Kier alpha value is -0.214. The molecule has 0 aliphatic carbocycles. The van der Waals surface area contributed by atoms with Crippen LogP contribution in [0.5, 0.6) is 0 Å². The monoisotopic (exact) mass is 222 g/mol. The first-order chi connectivity index (χ1) is 5.75. The van der Waals surface area contributed by atoms with Crippen LogP contribution in [0.2, 0.25) is 11.0 Å². The molecule has 0 saturated heterocycles. The maximum absolute atomic E-state index is 12.1. The predicted molar refractivity (Wildman–Crippen MR) is 53.2 cm³/mol. The molecule has 0 fully saturated rings. The van der Waals surface area contributed by atoms with Gasteiger partial charge in [0.25, 0.3) is 0 Å². The van der Waals surface area contributed by atoms with Crippen molar-refractivity contribution in [2.24, 2.45) is 0 Å². The summed E-state index contributed by atoms with van der Waals surface area (Å²) in [4.78, 5) is 0. The fourth-order valence-corrected chi connectivity index (χ4v) is 4.53. The third-order valence-electron chi connectivity index (χ3n) is 2.04. The van der Waals surface area contributed by atoms with Crippen molar-refractivity contribution < 1.29 is 4.39 Å². The topological polar surface area (TPSA) is 0 Å². The van der Waals surface area contributed by atoms with E-state index in [1.807, 2.05) is 6.07 Å². The Morgan fingerprint density at radius 2 is 1.92 bits per heavy atom. The van der Waals surface area contributed by atoms with E-state index < -0.39 is 16.2 Å². The van der Waals surface area contributed by atoms with E-state index in [-0.39, 0.29) is 6.67 Å². The van der Waals surface area contributed by atoms with Gasteiger partial charge < -0.3 is 0 Å². The molecule has 12 heavy (non-hydrogen) atoms. The van der Waals surface area contributed by atoms with Crippen LogP contribution in [0.3, 0.4) is 0 Å². The van der Waals surface area contributed by atoms with Crippen LogP contribution < -0.4 is 4.12 Å². The molecule has 0 amide bonds. The number of alkyl halides is 1. The molecule has 0 heterocycles. The molecule has 1 aromatic carbocycles. The van der Waals surface area contributed by atoms with E-state index in [2.05, 4.69) is 29.2 Å². The molecule has 0 N–H and O–H groups in total. The van der Waals surface area contributed by atoms with E-state index in [0.29, 0.717) is 6.42 Å². The van der Waals surface area contributed by atoms with E-state index in [1.165, 1.54) is 9.68 Å². The van der Waals surface area contributed by atoms with Crippen molar-refractivity contribution in [3.63, 3.8) is 0 Å². The van der Waals surface area contributed by atoms with Gasteiger partial charge >= 0.3 is 78.6 Å². The van der Waals surface area contributed by atoms with Gasteiger partial charge in [-0.15, -0.1) is 0 Å². The van der Waals surface area contributed by atoms with Gasteiger partial charge in [-0.3, -0.25) is 0 Å². The summed E-state index contributed by atoms with van der Waals surface area (Å²) in [5, 5.41) is 0. The van der Waals surface area contributed by atoms with Gasteiger partial charge in [-0.25, -0.2) is 0 Å². The summed E-state index contributed by atoms with van der Waals surface area (Å²) < 4.78 is 13.6. The molecule has 0 unspecified atom stereocenters. The quantitative estimate of drug-likeness (QED) is 0.688. The van der Waals surface area contributed by atoms with E-state index in [9.17, 15) is 4.39 Å². The van der Waals surface area contributed by atoms with Gasteiger partial charge in [0, 0.05) is 0 Å². The number of halogens is 1. The second-order valence-corrected chi connectivity index (χ2v) is 9.44. The van der Waals surface area contributed by atoms with Crippen molar-refractivity contribution in [2.75, 3.05) is 6.67 Å². The standard InChI is InChI=1S/C8H8F.2CH3.Ga/c9-7-6-8-4-2-1-3-5-8;;;/h1-4H,6-7H2;2*1H3;. The Balaban J connectivity index is 2.92. The van der Waals surface area contributed by atoms with Gasteiger partial charge in [0.2, 0.25) is 0 Å². The first kappa shape index (κ1) is 9.87. The third-order valence-corrected chi connectivity index (χ3v) is 5.83. The molecule has 0 aliphatic rings. The van der Waals surface area contributed by atoms with Gasteiger partial charge in [-0.05, 0) is 0 Å². The van der Waals surface area contributed by atoms with Gasteiger partial charge in [-0.2, -0.15) is 0 Å². The summed E-state index contributed by atoms with van der Waals surface area (Å²) in [6.07, 6.45) is 0.597. The first-order valence-corrected chi connectivity index (χ1v) is 10.4. The van der Waals surface area contributed by atoms with Gasteiger partial charge in [0.05, 0.1) is 0 Å². The molecule has 0 saturated carbocycles. The Labute approximate surface area is 78.8 Å². The van der Waals surface area contributed by atoms with Gasteiger partial charge in [0.15, 0.2) is 0 Å². The number of aryl methyl sites for hydroxylation is 1. The second kappa shape index (κ2) is 4.72. The summed E-state index contributed by atoms with van der Waals surface area (Å²) in [6, 6.07) is 8.28. The Morgan fingerprint density at radius 1 is 1.25 bits per heavy atom. The predicted octanol–water partition coefficient (Wildman–Crippen LogP) is 2.16. The van der Waals surface area contributed by atoms with Crippen molar-refractivity contribution in [1.29, 1.82) is 0 Å². The number of hydrogen-bond acceptors (Lipinski definition) is 0. The maximum atomic E-state index is 12.1. The van der Waals surface area contributed by atoms with Gasteiger partial charge in [0.1, 0.15) is 0 Å². The van der Waals surface area contributed by atoms with Crippen LogP contribution in [0, 0.1) is 0 Å². The average Bonchev–Trinajstić information content (AvgIpc) is 2.05. The van der Waals surface area contributed by atoms with Gasteiger partial charge in [-0.1, -0.05) is 0 Å². The first-order valence-electron chi connectivity index (χ1n) is 4.39. The summed E-state index contributed by atoms with van der Waals surface area (Å²) in [5.74, 6) is 0. The number of hydrogen-bond donors (Lipinski definition) is 0. The summed E-state index contributed by atoms with van der Waals surface area (Å²) in [5.41, 5.74) is 5.88. The zero-order chi connectivity index (χ0) is 8.97. The van der Waals surface area contributed by atoms with Crippen LogP contribution in [0.4, 0.5) is 4.39 Å².